The Kier molecular flexibility index (Phi) is 3.81. The highest BCUT2D eigenvalue weighted by atomic mass is 16.2. The van der Waals surface area contributed by atoms with Crippen LogP contribution in [-0.4, -0.2) is 35.0 Å². The van der Waals surface area contributed by atoms with Gasteiger partial charge in [-0.1, -0.05) is 18.2 Å². The molecule has 2 N–H and O–H groups in total. The highest BCUT2D eigenvalue weighted by Gasteiger charge is 2.35. The van der Waals surface area contributed by atoms with Crippen LogP contribution in [0.25, 0.3) is 0 Å². The van der Waals surface area contributed by atoms with Crippen molar-refractivity contribution in [2.45, 2.75) is 44.7 Å². The number of para-hydroxylation sites is 1. The number of likely N-dealkylation sites (tertiary alicyclic amines) is 1. The molecular weight excluding hydrogens is 250 g/mol. The van der Waals surface area contributed by atoms with Crippen molar-refractivity contribution in [2.24, 2.45) is 0 Å². The topological polar surface area (TPSA) is 49.6 Å². The minimum Gasteiger partial charge on any atom is -0.398 e. The normalized spacial score (nSPS) is 18.9. The van der Waals surface area contributed by atoms with E-state index < -0.39 is 0 Å². The zero-order valence-corrected chi connectivity index (χ0v) is 11.9. The van der Waals surface area contributed by atoms with Gasteiger partial charge in [-0.3, -0.25) is 0 Å². The minimum absolute atomic E-state index is 0.204. The van der Waals surface area contributed by atoms with Gasteiger partial charge < -0.3 is 15.5 Å². The predicted octanol–water partition coefficient (Wildman–Crippen LogP) is 2.84. The molecule has 2 fully saturated rings. The quantitative estimate of drug-likeness (QED) is 0.861. The largest absolute Gasteiger partial charge is 0.398 e. The maximum Gasteiger partial charge on any atom is 0.320 e. The third-order valence-electron chi connectivity index (χ3n) is 4.26. The molecule has 1 saturated carbocycles. The molecule has 108 valence electrons. The maximum absolute atomic E-state index is 12.7. The molecule has 3 rings (SSSR count). The van der Waals surface area contributed by atoms with E-state index in [9.17, 15) is 4.79 Å². The lowest BCUT2D eigenvalue weighted by Crippen LogP contribution is -2.46. The first-order valence-corrected chi connectivity index (χ1v) is 7.64. The van der Waals surface area contributed by atoms with Crippen LogP contribution < -0.4 is 5.73 Å². The Balaban J connectivity index is 1.72. The molecule has 0 radical (unpaired) electrons. The molecule has 1 heterocycles. The Morgan fingerprint density at radius 1 is 1.20 bits per heavy atom. The smallest absolute Gasteiger partial charge is 0.320 e. The molecule has 0 atom stereocenters. The molecule has 2 aliphatic rings. The molecule has 1 saturated heterocycles. The molecule has 1 aromatic rings. The van der Waals surface area contributed by atoms with Crippen molar-refractivity contribution in [1.82, 2.24) is 9.80 Å². The maximum atomic E-state index is 12.7. The Morgan fingerprint density at radius 2 is 1.90 bits per heavy atom. The number of hydrogen-bond acceptors (Lipinski definition) is 2. The summed E-state index contributed by atoms with van der Waals surface area (Å²) in [7, 11) is 0. The first-order chi connectivity index (χ1) is 9.75. The third kappa shape index (κ3) is 2.89. The number of anilines is 1. The van der Waals surface area contributed by atoms with Crippen molar-refractivity contribution in [3.05, 3.63) is 29.8 Å². The van der Waals surface area contributed by atoms with E-state index in [4.69, 9.17) is 5.73 Å². The first kappa shape index (κ1) is 13.3. The van der Waals surface area contributed by atoms with Crippen molar-refractivity contribution in [1.29, 1.82) is 0 Å². The number of nitrogens with zero attached hydrogens (tertiary/aromatic N) is 2. The second kappa shape index (κ2) is 5.73. The van der Waals surface area contributed by atoms with Crippen molar-refractivity contribution in [3.63, 3.8) is 0 Å². The standard InChI is InChI=1S/C16H23N3O/c17-15-7-3-2-6-13(15)12-19(14-8-9-14)16(20)18-10-4-1-5-11-18/h2-3,6-7,14H,1,4-5,8-12,17H2. The fraction of sp³-hybridized carbons (Fsp3) is 0.562. The van der Waals surface area contributed by atoms with Gasteiger partial charge in [0.1, 0.15) is 0 Å². The molecule has 0 spiro atoms. The van der Waals surface area contributed by atoms with Gasteiger partial charge in [-0.2, -0.15) is 0 Å². The average Bonchev–Trinajstić information content (AvgIpc) is 3.31. The highest BCUT2D eigenvalue weighted by Crippen LogP contribution is 2.30. The van der Waals surface area contributed by atoms with Gasteiger partial charge in [0, 0.05) is 31.4 Å². The van der Waals surface area contributed by atoms with Crippen molar-refractivity contribution in [2.75, 3.05) is 18.8 Å². The van der Waals surface area contributed by atoms with E-state index in [1.807, 2.05) is 34.1 Å². The van der Waals surface area contributed by atoms with Crippen LogP contribution in [0.4, 0.5) is 10.5 Å². The molecule has 1 aromatic carbocycles. The van der Waals surface area contributed by atoms with Gasteiger partial charge in [0.25, 0.3) is 0 Å². The molecule has 4 nitrogen and oxygen atoms in total. The van der Waals surface area contributed by atoms with Crippen LogP contribution in [0.1, 0.15) is 37.7 Å². The molecule has 4 heteroatoms. The van der Waals surface area contributed by atoms with Crippen LogP contribution in [0.2, 0.25) is 0 Å². The number of rotatable bonds is 3. The van der Waals surface area contributed by atoms with Crippen LogP contribution in [-0.2, 0) is 6.54 Å². The molecule has 0 unspecified atom stereocenters. The van der Waals surface area contributed by atoms with Gasteiger partial charge in [0.05, 0.1) is 0 Å². The summed E-state index contributed by atoms with van der Waals surface area (Å²) in [6, 6.07) is 8.48. The third-order valence-corrected chi connectivity index (χ3v) is 4.26. The van der Waals surface area contributed by atoms with E-state index >= 15 is 0 Å². The fourth-order valence-corrected chi connectivity index (χ4v) is 2.87. The lowest BCUT2D eigenvalue weighted by Gasteiger charge is -2.33. The predicted molar refractivity (Wildman–Crippen MR) is 80.2 cm³/mol. The van der Waals surface area contributed by atoms with Gasteiger partial charge in [0.15, 0.2) is 0 Å². The summed E-state index contributed by atoms with van der Waals surface area (Å²) < 4.78 is 0. The second-order valence-electron chi connectivity index (χ2n) is 5.89. The number of benzene rings is 1. The fourth-order valence-electron chi connectivity index (χ4n) is 2.87. The number of nitrogen functional groups attached to an aromatic ring is 1. The summed E-state index contributed by atoms with van der Waals surface area (Å²) in [6.07, 6.45) is 5.78. The molecule has 2 amide bonds. The number of piperidine rings is 1. The zero-order chi connectivity index (χ0) is 13.9. The number of hydrogen-bond donors (Lipinski definition) is 1. The van der Waals surface area contributed by atoms with E-state index in [1.54, 1.807) is 0 Å². The molecule has 0 bridgehead atoms. The summed E-state index contributed by atoms with van der Waals surface area (Å²) >= 11 is 0. The molecule has 1 aliphatic heterocycles. The lowest BCUT2D eigenvalue weighted by molar-refractivity contribution is 0.138. The number of urea groups is 1. The Morgan fingerprint density at radius 3 is 2.55 bits per heavy atom. The van der Waals surface area contributed by atoms with E-state index in [0.29, 0.717) is 12.6 Å². The van der Waals surface area contributed by atoms with Crippen LogP contribution in [0.15, 0.2) is 24.3 Å². The summed E-state index contributed by atoms with van der Waals surface area (Å²) in [4.78, 5) is 16.7. The first-order valence-electron chi connectivity index (χ1n) is 7.64. The van der Waals surface area contributed by atoms with Gasteiger partial charge in [-0.05, 0) is 43.7 Å². The number of nitrogens with two attached hydrogens (primary N) is 1. The van der Waals surface area contributed by atoms with Crippen molar-refractivity contribution < 1.29 is 4.79 Å². The van der Waals surface area contributed by atoms with Crippen molar-refractivity contribution >= 4 is 11.7 Å². The van der Waals surface area contributed by atoms with Crippen LogP contribution >= 0.6 is 0 Å². The molecule has 20 heavy (non-hydrogen) atoms. The molecular formula is C16H23N3O. The van der Waals surface area contributed by atoms with Crippen LogP contribution in [0.3, 0.4) is 0 Å². The van der Waals surface area contributed by atoms with E-state index in [-0.39, 0.29) is 6.03 Å². The lowest BCUT2D eigenvalue weighted by atomic mass is 10.1. The second-order valence-corrected chi connectivity index (χ2v) is 5.89. The highest BCUT2D eigenvalue weighted by molar-refractivity contribution is 5.75. The zero-order valence-electron chi connectivity index (χ0n) is 11.9. The van der Waals surface area contributed by atoms with Crippen molar-refractivity contribution in [3.8, 4) is 0 Å². The summed E-state index contributed by atoms with van der Waals surface area (Å²) in [5.41, 5.74) is 7.86. The van der Waals surface area contributed by atoms with E-state index in [1.165, 1.54) is 6.42 Å². The number of amides is 2. The van der Waals surface area contributed by atoms with Gasteiger partial charge >= 0.3 is 6.03 Å². The van der Waals surface area contributed by atoms with Gasteiger partial charge in [0.2, 0.25) is 0 Å². The minimum atomic E-state index is 0.204. The summed E-state index contributed by atoms with van der Waals surface area (Å²) in [6.45, 7) is 2.46. The number of carbonyl (C=O) groups excluding carboxylic acids is 1. The SMILES string of the molecule is Nc1ccccc1CN(C(=O)N1CCCCC1)C1CC1. The Hall–Kier alpha value is -1.71. The molecule has 1 aliphatic carbocycles. The monoisotopic (exact) mass is 273 g/mol. The van der Waals surface area contributed by atoms with E-state index in [0.717, 1.165) is 50.0 Å². The molecule has 0 aromatic heterocycles. The average molecular weight is 273 g/mol. The summed E-state index contributed by atoms with van der Waals surface area (Å²) in [5, 5.41) is 0. The van der Waals surface area contributed by atoms with Gasteiger partial charge in [-0.15, -0.1) is 0 Å². The van der Waals surface area contributed by atoms with E-state index in [2.05, 4.69) is 0 Å². The summed E-state index contributed by atoms with van der Waals surface area (Å²) in [5.74, 6) is 0. The van der Waals surface area contributed by atoms with Crippen LogP contribution in [0.5, 0.6) is 0 Å². The Bertz CT molecular complexity index is 478. The van der Waals surface area contributed by atoms with Crippen LogP contribution in [0, 0.1) is 0 Å². The van der Waals surface area contributed by atoms with Gasteiger partial charge in [-0.25, -0.2) is 4.79 Å². The Labute approximate surface area is 120 Å². The number of carbonyl (C=O) groups is 1.